The van der Waals surface area contributed by atoms with Crippen LogP contribution in [0.3, 0.4) is 0 Å². The highest BCUT2D eigenvalue weighted by Crippen LogP contribution is 2.43. The Morgan fingerprint density at radius 3 is 2.62 bits per heavy atom. The first-order chi connectivity index (χ1) is 10.1. The number of methoxy groups -OCH3 is 2. The Bertz CT molecular complexity index is 362. The Morgan fingerprint density at radius 1 is 1.14 bits per heavy atom. The topological polar surface area (TPSA) is 49.5 Å². The zero-order valence-electron chi connectivity index (χ0n) is 13.4. The number of hydrogen-bond acceptors (Lipinski definition) is 5. The zero-order chi connectivity index (χ0) is 14.9. The highest BCUT2D eigenvalue weighted by molar-refractivity contribution is 6.67. The highest BCUT2D eigenvalue weighted by atomic mass is 28.4. The molecular weight excluding hydrogens is 288 g/mol. The van der Waals surface area contributed by atoms with Gasteiger partial charge in [0.1, 0.15) is 0 Å². The summed E-state index contributed by atoms with van der Waals surface area (Å²) in [6.45, 7) is 0. The van der Waals surface area contributed by atoms with Crippen LogP contribution in [0.4, 0.5) is 0 Å². The van der Waals surface area contributed by atoms with Crippen LogP contribution in [-0.4, -0.2) is 48.1 Å². The first-order valence-electron chi connectivity index (χ1n) is 8.15. The average Bonchev–Trinajstić information content (AvgIpc) is 3.31. The Hall–Kier alpha value is 0.0169. The van der Waals surface area contributed by atoms with E-state index in [1.165, 1.54) is 25.7 Å². The fourth-order valence-corrected chi connectivity index (χ4v) is 7.27. The largest absolute Gasteiger partial charge is 0.397 e. The molecular formula is C15H28O5Si. The first-order valence-corrected chi connectivity index (χ1v) is 10.4. The summed E-state index contributed by atoms with van der Waals surface area (Å²) < 4.78 is 28.8. The third kappa shape index (κ3) is 3.35. The van der Waals surface area contributed by atoms with E-state index in [2.05, 4.69) is 0 Å². The number of hydrogen-bond donors (Lipinski definition) is 0. The molecule has 122 valence electrons. The molecule has 0 N–H and O–H groups in total. The van der Waals surface area contributed by atoms with Crippen LogP contribution >= 0.6 is 0 Å². The van der Waals surface area contributed by atoms with E-state index in [1.54, 1.807) is 21.3 Å². The molecule has 0 aromatic heterocycles. The third-order valence-corrected chi connectivity index (χ3v) is 9.02. The zero-order valence-corrected chi connectivity index (χ0v) is 14.4. The van der Waals surface area contributed by atoms with Crippen LogP contribution in [0.15, 0.2) is 0 Å². The van der Waals surface area contributed by atoms with Gasteiger partial charge in [0.2, 0.25) is 0 Å². The molecule has 1 saturated carbocycles. The lowest BCUT2D eigenvalue weighted by atomic mass is 9.88. The lowest BCUT2D eigenvalue weighted by molar-refractivity contribution is -0.341. The molecule has 3 aliphatic rings. The van der Waals surface area contributed by atoms with Gasteiger partial charge in [-0.05, 0) is 50.1 Å². The molecule has 4 unspecified atom stereocenters. The van der Waals surface area contributed by atoms with E-state index in [-0.39, 0.29) is 0 Å². The molecule has 6 heteroatoms. The van der Waals surface area contributed by atoms with Gasteiger partial charge in [-0.2, -0.15) is 0 Å². The molecule has 5 nitrogen and oxygen atoms in total. The van der Waals surface area contributed by atoms with E-state index in [1.807, 2.05) is 0 Å². The van der Waals surface area contributed by atoms with Crippen molar-refractivity contribution < 1.29 is 23.1 Å². The van der Waals surface area contributed by atoms with Crippen molar-refractivity contribution in [3.63, 3.8) is 0 Å². The van der Waals surface area contributed by atoms with Gasteiger partial charge in [0.25, 0.3) is 5.97 Å². The van der Waals surface area contributed by atoms with E-state index < -0.39 is 14.5 Å². The van der Waals surface area contributed by atoms with Crippen molar-refractivity contribution >= 4 is 8.56 Å². The summed E-state index contributed by atoms with van der Waals surface area (Å²) >= 11 is 0. The second kappa shape index (κ2) is 6.26. The molecule has 4 atom stereocenters. The van der Waals surface area contributed by atoms with Gasteiger partial charge in [-0.1, -0.05) is 0 Å². The summed E-state index contributed by atoms with van der Waals surface area (Å²) in [5.74, 6) is -0.129. The van der Waals surface area contributed by atoms with Crippen molar-refractivity contribution in [1.82, 2.24) is 0 Å². The second-order valence-electron chi connectivity index (χ2n) is 6.59. The average molecular weight is 316 g/mol. The van der Waals surface area contributed by atoms with Gasteiger partial charge in [-0.3, -0.25) is 0 Å². The van der Waals surface area contributed by atoms with Gasteiger partial charge in [-0.15, -0.1) is 0 Å². The molecule has 1 aliphatic carbocycles. The quantitative estimate of drug-likeness (QED) is 0.428. The van der Waals surface area contributed by atoms with Gasteiger partial charge in [0.05, 0.1) is 12.2 Å². The van der Waals surface area contributed by atoms with E-state index in [9.17, 15) is 0 Å². The lowest BCUT2D eigenvalue weighted by Gasteiger charge is -2.44. The monoisotopic (exact) mass is 316 g/mol. The summed E-state index contributed by atoms with van der Waals surface area (Å²) in [6.07, 6.45) is 7.87. The van der Waals surface area contributed by atoms with E-state index >= 15 is 0 Å². The standard InChI is InChI=1S/C15H28O5Si/c1-16-15(17-2)8-4-9-21(18-3,20-15)10-7-12-5-6-13-14(11-12)19-13/h12-14H,4-11H2,1-3H3. The Labute approximate surface area is 128 Å². The van der Waals surface area contributed by atoms with Crippen molar-refractivity contribution in [2.45, 2.75) is 68.8 Å². The molecule has 0 spiro atoms. The molecule has 2 heterocycles. The lowest BCUT2D eigenvalue weighted by Crippen LogP contribution is -2.55. The first kappa shape index (κ1) is 15.9. The molecule has 0 aromatic rings. The minimum atomic E-state index is -2.22. The summed E-state index contributed by atoms with van der Waals surface area (Å²) in [7, 11) is 2.87. The maximum Gasteiger partial charge on any atom is 0.342 e. The summed E-state index contributed by atoms with van der Waals surface area (Å²) in [5.41, 5.74) is 0. The number of ether oxygens (including phenoxy) is 3. The maximum atomic E-state index is 6.28. The minimum Gasteiger partial charge on any atom is -0.397 e. The molecule has 3 rings (SSSR count). The SMILES string of the molecule is COC1(OC)CCC[Si](CCC2CCC3OC3C2)(OC)O1. The van der Waals surface area contributed by atoms with Crippen molar-refractivity contribution in [3.05, 3.63) is 0 Å². The van der Waals surface area contributed by atoms with Crippen LogP contribution in [-0.2, 0) is 23.1 Å². The van der Waals surface area contributed by atoms with Gasteiger partial charge < -0.3 is 23.1 Å². The summed E-state index contributed by atoms with van der Waals surface area (Å²) in [5, 5.41) is 0. The molecule has 0 radical (unpaired) electrons. The predicted molar refractivity (Wildman–Crippen MR) is 80.1 cm³/mol. The summed E-state index contributed by atoms with van der Waals surface area (Å²) in [6, 6.07) is 2.06. The fourth-order valence-electron chi connectivity index (χ4n) is 3.93. The van der Waals surface area contributed by atoms with Gasteiger partial charge in [-0.25, -0.2) is 0 Å². The number of epoxide rings is 1. The summed E-state index contributed by atoms with van der Waals surface area (Å²) in [4.78, 5) is 0. The molecule has 0 amide bonds. The van der Waals surface area contributed by atoms with Gasteiger partial charge >= 0.3 is 8.56 Å². The Balaban J connectivity index is 1.57. The van der Waals surface area contributed by atoms with Crippen molar-refractivity contribution in [2.24, 2.45) is 5.92 Å². The molecule has 0 bridgehead atoms. The van der Waals surface area contributed by atoms with Crippen LogP contribution < -0.4 is 0 Å². The molecule has 2 saturated heterocycles. The van der Waals surface area contributed by atoms with Crippen molar-refractivity contribution in [1.29, 1.82) is 0 Å². The van der Waals surface area contributed by atoms with Crippen LogP contribution in [0, 0.1) is 5.92 Å². The minimum absolute atomic E-state index is 0.549. The predicted octanol–water partition coefficient (Wildman–Crippen LogP) is 2.79. The maximum absolute atomic E-state index is 6.28. The molecule has 21 heavy (non-hydrogen) atoms. The van der Waals surface area contributed by atoms with Crippen molar-refractivity contribution in [3.8, 4) is 0 Å². The highest BCUT2D eigenvalue weighted by Gasteiger charge is 2.51. The van der Waals surface area contributed by atoms with Crippen LogP contribution in [0.1, 0.15) is 38.5 Å². The van der Waals surface area contributed by atoms with E-state index in [4.69, 9.17) is 23.1 Å². The third-order valence-electron chi connectivity index (χ3n) is 5.42. The number of rotatable bonds is 6. The van der Waals surface area contributed by atoms with Crippen LogP contribution in [0.25, 0.3) is 0 Å². The van der Waals surface area contributed by atoms with Gasteiger partial charge in [0.15, 0.2) is 0 Å². The molecule has 0 aromatic carbocycles. The molecule has 2 aliphatic heterocycles. The van der Waals surface area contributed by atoms with Gasteiger partial charge in [0, 0.05) is 27.8 Å². The Kier molecular flexibility index (Phi) is 4.74. The smallest absolute Gasteiger partial charge is 0.342 e. The molecule has 3 fully saturated rings. The van der Waals surface area contributed by atoms with E-state index in [0.717, 1.165) is 30.8 Å². The Morgan fingerprint density at radius 2 is 1.95 bits per heavy atom. The fraction of sp³-hybridized carbons (Fsp3) is 1.00. The van der Waals surface area contributed by atoms with Crippen LogP contribution in [0.5, 0.6) is 0 Å². The van der Waals surface area contributed by atoms with E-state index in [0.29, 0.717) is 12.2 Å². The van der Waals surface area contributed by atoms with Crippen LogP contribution in [0.2, 0.25) is 12.1 Å². The normalized spacial score (nSPS) is 41.6. The number of fused-ring (bicyclic) bond motifs is 1. The van der Waals surface area contributed by atoms with Crippen molar-refractivity contribution in [2.75, 3.05) is 21.3 Å². The second-order valence-corrected chi connectivity index (χ2v) is 10.0.